The molecule has 0 bridgehead atoms. The third-order valence-electron chi connectivity index (χ3n) is 3.24. The number of nitro groups is 1. The van der Waals surface area contributed by atoms with E-state index in [1.165, 1.54) is 25.3 Å². The van der Waals surface area contributed by atoms with Crippen molar-refractivity contribution in [3.8, 4) is 0 Å². The summed E-state index contributed by atoms with van der Waals surface area (Å²) in [5.74, 6) is -1.42. The summed E-state index contributed by atoms with van der Waals surface area (Å²) in [5, 5.41) is 13.5. The summed E-state index contributed by atoms with van der Waals surface area (Å²) in [7, 11) is 1.53. The molecule has 0 spiro atoms. The second kappa shape index (κ2) is 8.93. The lowest BCUT2D eigenvalue weighted by atomic mass is 10.1. The number of rotatable bonds is 7. The van der Waals surface area contributed by atoms with Crippen molar-refractivity contribution in [2.24, 2.45) is 0 Å². The van der Waals surface area contributed by atoms with Gasteiger partial charge in [-0.1, -0.05) is 23.7 Å². The van der Waals surface area contributed by atoms with Crippen LogP contribution in [0.3, 0.4) is 0 Å². The molecule has 2 rings (SSSR count). The van der Waals surface area contributed by atoms with E-state index in [1.807, 2.05) is 0 Å². The molecule has 0 aliphatic carbocycles. The number of nitrogens with zero attached hydrogens (tertiary/aromatic N) is 1. The summed E-state index contributed by atoms with van der Waals surface area (Å²) in [6.45, 7) is -0.267. The zero-order valence-electron chi connectivity index (χ0n) is 13.7. The van der Waals surface area contributed by atoms with E-state index in [9.17, 15) is 19.7 Å². The van der Waals surface area contributed by atoms with Crippen LogP contribution in [-0.4, -0.2) is 30.5 Å². The number of amides is 1. The van der Waals surface area contributed by atoms with Gasteiger partial charge in [-0.15, -0.1) is 0 Å². The lowest BCUT2D eigenvalue weighted by Gasteiger charge is -2.08. The van der Waals surface area contributed by atoms with E-state index in [1.54, 1.807) is 24.3 Å². The number of halogens is 1. The van der Waals surface area contributed by atoms with Gasteiger partial charge >= 0.3 is 5.97 Å². The van der Waals surface area contributed by atoms with E-state index in [0.717, 1.165) is 5.56 Å². The fraction of sp³-hybridized carbons (Fsp3) is 0.176. The highest BCUT2D eigenvalue weighted by atomic mass is 35.5. The number of anilines is 1. The second-order valence-electron chi connectivity index (χ2n) is 5.18. The Morgan fingerprint density at radius 3 is 2.69 bits per heavy atom. The normalized spacial score (nSPS) is 10.2. The fourth-order valence-corrected chi connectivity index (χ4v) is 2.30. The Morgan fingerprint density at radius 1 is 1.23 bits per heavy atom. The van der Waals surface area contributed by atoms with Crippen molar-refractivity contribution in [1.82, 2.24) is 0 Å². The number of hydrogen-bond donors (Lipinski definition) is 1. The zero-order chi connectivity index (χ0) is 19.1. The third kappa shape index (κ3) is 5.27. The third-order valence-corrected chi connectivity index (χ3v) is 3.47. The summed E-state index contributed by atoms with van der Waals surface area (Å²) in [5.41, 5.74) is 0.647. The average Bonchev–Trinajstić information content (AvgIpc) is 2.60. The van der Waals surface area contributed by atoms with Gasteiger partial charge < -0.3 is 14.8 Å². The monoisotopic (exact) mass is 378 g/mol. The first-order valence-electron chi connectivity index (χ1n) is 7.39. The van der Waals surface area contributed by atoms with Crippen LogP contribution < -0.4 is 5.32 Å². The van der Waals surface area contributed by atoms with Crippen LogP contribution in [0.4, 0.5) is 11.4 Å². The Kier molecular flexibility index (Phi) is 6.65. The maximum absolute atomic E-state index is 12.0. The van der Waals surface area contributed by atoms with E-state index < -0.39 is 23.4 Å². The number of nitrogens with one attached hydrogen (secondary N) is 1. The molecule has 0 unspecified atom stereocenters. The molecule has 0 fully saturated rings. The van der Waals surface area contributed by atoms with E-state index in [4.69, 9.17) is 21.1 Å². The largest absolute Gasteiger partial charge is 0.452 e. The van der Waals surface area contributed by atoms with Gasteiger partial charge in [0.25, 0.3) is 11.6 Å². The van der Waals surface area contributed by atoms with Crippen molar-refractivity contribution >= 4 is 34.9 Å². The Hall–Kier alpha value is -2.97. The van der Waals surface area contributed by atoms with Crippen molar-refractivity contribution in [2.75, 3.05) is 19.0 Å². The van der Waals surface area contributed by atoms with Crippen molar-refractivity contribution in [3.05, 3.63) is 68.7 Å². The van der Waals surface area contributed by atoms with Crippen molar-refractivity contribution in [1.29, 1.82) is 0 Å². The van der Waals surface area contributed by atoms with Crippen molar-refractivity contribution in [2.45, 2.75) is 6.61 Å². The molecule has 0 aliphatic heterocycles. The number of benzene rings is 2. The van der Waals surface area contributed by atoms with Gasteiger partial charge in [-0.3, -0.25) is 14.9 Å². The molecule has 1 N–H and O–H groups in total. The average molecular weight is 379 g/mol. The molecule has 136 valence electrons. The molecule has 0 aromatic heterocycles. The number of esters is 1. The molecule has 8 nitrogen and oxygen atoms in total. The standard InChI is InChI=1S/C17H15ClN2O6/c1-25-9-11-3-2-4-12(7-11)17(22)26-10-16(21)19-14-8-13(18)5-6-15(14)20(23)24/h2-8H,9-10H2,1H3,(H,19,21). The molecule has 0 atom stereocenters. The van der Waals surface area contributed by atoms with Crippen LogP contribution in [0.25, 0.3) is 0 Å². The number of methoxy groups -OCH3 is 1. The number of ether oxygens (including phenoxy) is 2. The predicted molar refractivity (Wildman–Crippen MR) is 94.2 cm³/mol. The van der Waals surface area contributed by atoms with Crippen LogP contribution in [0.2, 0.25) is 5.02 Å². The molecule has 0 heterocycles. The lowest BCUT2D eigenvalue weighted by molar-refractivity contribution is -0.383. The SMILES string of the molecule is COCc1cccc(C(=O)OCC(=O)Nc2cc(Cl)ccc2[N+](=O)[O-])c1. The molecule has 9 heteroatoms. The maximum Gasteiger partial charge on any atom is 0.338 e. The topological polar surface area (TPSA) is 108 Å². The quantitative estimate of drug-likeness (QED) is 0.450. The Bertz CT molecular complexity index is 840. The molecule has 0 aliphatic rings. The highest BCUT2D eigenvalue weighted by Gasteiger charge is 2.17. The first kappa shape index (κ1) is 19.4. The summed E-state index contributed by atoms with van der Waals surface area (Å²) in [4.78, 5) is 34.3. The summed E-state index contributed by atoms with van der Waals surface area (Å²) in [6.07, 6.45) is 0. The molecule has 0 radical (unpaired) electrons. The molecule has 2 aromatic rings. The molecule has 2 aromatic carbocycles. The fourth-order valence-electron chi connectivity index (χ4n) is 2.12. The number of carbonyl (C=O) groups excluding carboxylic acids is 2. The molecule has 26 heavy (non-hydrogen) atoms. The van der Waals surface area contributed by atoms with Gasteiger partial charge in [0, 0.05) is 18.2 Å². The lowest BCUT2D eigenvalue weighted by Crippen LogP contribution is -2.21. The van der Waals surface area contributed by atoms with Crippen LogP contribution in [0.5, 0.6) is 0 Å². The van der Waals surface area contributed by atoms with Crippen LogP contribution in [0.1, 0.15) is 15.9 Å². The maximum atomic E-state index is 12.0. The van der Waals surface area contributed by atoms with Gasteiger partial charge in [0.05, 0.1) is 17.1 Å². The summed E-state index contributed by atoms with van der Waals surface area (Å²) >= 11 is 5.78. The Labute approximate surface area is 153 Å². The van der Waals surface area contributed by atoms with Crippen LogP contribution in [0, 0.1) is 10.1 Å². The first-order chi connectivity index (χ1) is 12.4. The summed E-state index contributed by atoms with van der Waals surface area (Å²) in [6, 6.07) is 10.3. The van der Waals surface area contributed by atoms with Crippen LogP contribution in [-0.2, 0) is 20.9 Å². The smallest absolute Gasteiger partial charge is 0.338 e. The van der Waals surface area contributed by atoms with Crippen LogP contribution >= 0.6 is 11.6 Å². The van der Waals surface area contributed by atoms with Gasteiger partial charge in [0.2, 0.25) is 0 Å². The highest BCUT2D eigenvalue weighted by molar-refractivity contribution is 6.31. The number of nitro benzene ring substituents is 1. The van der Waals surface area contributed by atoms with Gasteiger partial charge in [-0.2, -0.15) is 0 Å². The second-order valence-corrected chi connectivity index (χ2v) is 5.61. The highest BCUT2D eigenvalue weighted by Crippen LogP contribution is 2.27. The predicted octanol–water partition coefficient (Wildman–Crippen LogP) is 3.19. The van der Waals surface area contributed by atoms with E-state index in [-0.39, 0.29) is 22.0 Å². The number of hydrogen-bond acceptors (Lipinski definition) is 6. The molecular weight excluding hydrogens is 364 g/mol. The van der Waals surface area contributed by atoms with E-state index >= 15 is 0 Å². The molecular formula is C17H15ClN2O6. The first-order valence-corrected chi connectivity index (χ1v) is 7.77. The minimum atomic E-state index is -0.725. The van der Waals surface area contributed by atoms with Gasteiger partial charge in [0.1, 0.15) is 5.69 Å². The number of carbonyl (C=O) groups is 2. The molecule has 0 saturated carbocycles. The van der Waals surface area contributed by atoms with Gasteiger partial charge in [-0.05, 0) is 29.8 Å². The zero-order valence-corrected chi connectivity index (χ0v) is 14.5. The van der Waals surface area contributed by atoms with E-state index in [0.29, 0.717) is 6.61 Å². The molecule has 1 amide bonds. The van der Waals surface area contributed by atoms with Crippen LogP contribution in [0.15, 0.2) is 42.5 Å². The van der Waals surface area contributed by atoms with Crippen molar-refractivity contribution < 1.29 is 24.0 Å². The van der Waals surface area contributed by atoms with Gasteiger partial charge in [-0.25, -0.2) is 4.79 Å². The molecule has 0 saturated heterocycles. The van der Waals surface area contributed by atoms with Gasteiger partial charge in [0.15, 0.2) is 6.61 Å². The van der Waals surface area contributed by atoms with Crippen molar-refractivity contribution in [3.63, 3.8) is 0 Å². The minimum absolute atomic E-state index is 0.0781. The summed E-state index contributed by atoms with van der Waals surface area (Å²) < 4.78 is 9.92. The Morgan fingerprint density at radius 2 is 2.00 bits per heavy atom. The minimum Gasteiger partial charge on any atom is -0.452 e. The Balaban J connectivity index is 1.99. The van der Waals surface area contributed by atoms with E-state index in [2.05, 4.69) is 5.32 Å².